The third kappa shape index (κ3) is 6.20. The summed E-state index contributed by atoms with van der Waals surface area (Å²) in [7, 11) is 0. The highest BCUT2D eigenvalue weighted by Gasteiger charge is 2.03. The zero-order chi connectivity index (χ0) is 12.5. The molecule has 0 amide bonds. The number of rotatable bonds is 8. The molecule has 0 heterocycles. The quantitative estimate of drug-likeness (QED) is 0.718. The van der Waals surface area contributed by atoms with Crippen molar-refractivity contribution in [2.45, 2.75) is 38.6 Å². The van der Waals surface area contributed by atoms with Crippen LogP contribution in [0, 0.1) is 0 Å². The minimum Gasteiger partial charge on any atom is -0.396 e. The van der Waals surface area contributed by atoms with E-state index in [1.807, 2.05) is 0 Å². The van der Waals surface area contributed by atoms with Crippen molar-refractivity contribution in [2.75, 3.05) is 13.2 Å². The first-order valence-electron chi connectivity index (χ1n) is 6.33. The van der Waals surface area contributed by atoms with Gasteiger partial charge in [-0.25, -0.2) is 0 Å². The average molecular weight is 300 g/mol. The monoisotopic (exact) mass is 299 g/mol. The second-order valence-electron chi connectivity index (χ2n) is 4.37. The Hall–Kier alpha value is -0.380. The number of benzene rings is 1. The Kier molecular flexibility index (Phi) is 7.49. The van der Waals surface area contributed by atoms with Crippen LogP contribution in [0.3, 0.4) is 0 Å². The number of unbranched alkanes of at least 4 members (excludes halogenated alkanes) is 3. The van der Waals surface area contributed by atoms with Gasteiger partial charge in [0.2, 0.25) is 0 Å². The second-order valence-corrected chi connectivity index (χ2v) is 5.28. The van der Waals surface area contributed by atoms with Crippen LogP contribution in [-0.4, -0.2) is 18.3 Å². The molecule has 2 nitrogen and oxygen atoms in total. The molecule has 0 bridgehead atoms. The van der Waals surface area contributed by atoms with E-state index in [2.05, 4.69) is 52.4 Å². The van der Waals surface area contributed by atoms with Crippen LogP contribution >= 0.6 is 15.9 Å². The van der Waals surface area contributed by atoms with E-state index in [-0.39, 0.29) is 0 Å². The smallest absolute Gasteiger partial charge is 0.0431 e. The van der Waals surface area contributed by atoms with Crippen molar-refractivity contribution in [2.24, 2.45) is 0 Å². The molecule has 1 atom stereocenters. The van der Waals surface area contributed by atoms with Gasteiger partial charge in [0.25, 0.3) is 0 Å². The first kappa shape index (κ1) is 14.7. The molecule has 0 radical (unpaired) electrons. The van der Waals surface area contributed by atoms with Crippen molar-refractivity contribution < 1.29 is 5.11 Å². The van der Waals surface area contributed by atoms with Crippen LogP contribution in [0.2, 0.25) is 0 Å². The molecule has 96 valence electrons. The van der Waals surface area contributed by atoms with E-state index in [4.69, 9.17) is 5.11 Å². The molecule has 0 aliphatic carbocycles. The Bertz CT molecular complexity index is 300. The second kappa shape index (κ2) is 8.67. The fourth-order valence-electron chi connectivity index (χ4n) is 1.78. The van der Waals surface area contributed by atoms with Gasteiger partial charge in [-0.2, -0.15) is 0 Å². The van der Waals surface area contributed by atoms with Gasteiger partial charge < -0.3 is 10.4 Å². The SMILES string of the molecule is C[C@@H](NCCCCCCO)c1ccc(Br)cc1. The maximum atomic E-state index is 8.66. The summed E-state index contributed by atoms with van der Waals surface area (Å²) in [5.41, 5.74) is 1.32. The minimum atomic E-state index is 0.322. The number of hydrogen-bond donors (Lipinski definition) is 2. The minimum absolute atomic E-state index is 0.322. The molecule has 2 N–H and O–H groups in total. The van der Waals surface area contributed by atoms with Crippen LogP contribution in [0.4, 0.5) is 0 Å². The van der Waals surface area contributed by atoms with E-state index in [1.165, 1.54) is 18.4 Å². The topological polar surface area (TPSA) is 32.3 Å². The Morgan fingerprint density at radius 2 is 1.76 bits per heavy atom. The van der Waals surface area contributed by atoms with Crippen LogP contribution in [-0.2, 0) is 0 Å². The standard InChI is InChI=1S/C14H22BrNO/c1-12(13-6-8-14(15)9-7-13)16-10-4-2-3-5-11-17/h6-9,12,16-17H,2-5,10-11H2,1H3/t12-/m1/s1. The molecule has 0 saturated carbocycles. The summed E-state index contributed by atoms with van der Waals surface area (Å²) in [5.74, 6) is 0. The lowest BCUT2D eigenvalue weighted by Gasteiger charge is -2.14. The molecule has 1 aromatic carbocycles. The molecule has 0 saturated heterocycles. The fourth-order valence-corrected chi connectivity index (χ4v) is 2.04. The van der Waals surface area contributed by atoms with Crippen LogP contribution in [0.1, 0.15) is 44.2 Å². The predicted octanol–water partition coefficient (Wildman–Crippen LogP) is 3.65. The lowest BCUT2D eigenvalue weighted by Crippen LogP contribution is -2.19. The number of nitrogens with one attached hydrogen (secondary N) is 1. The van der Waals surface area contributed by atoms with Gasteiger partial charge in [-0.15, -0.1) is 0 Å². The van der Waals surface area contributed by atoms with Gasteiger partial charge in [-0.3, -0.25) is 0 Å². The highest BCUT2D eigenvalue weighted by atomic mass is 79.9. The largest absolute Gasteiger partial charge is 0.396 e. The average Bonchev–Trinajstić information content (AvgIpc) is 2.34. The summed E-state index contributed by atoms with van der Waals surface area (Å²) >= 11 is 3.44. The normalized spacial score (nSPS) is 12.6. The van der Waals surface area contributed by atoms with E-state index in [0.29, 0.717) is 12.6 Å². The lowest BCUT2D eigenvalue weighted by molar-refractivity contribution is 0.282. The molecule has 0 fully saturated rings. The molecule has 17 heavy (non-hydrogen) atoms. The van der Waals surface area contributed by atoms with E-state index in [0.717, 1.165) is 23.9 Å². The van der Waals surface area contributed by atoms with Gasteiger partial charge in [-0.05, 0) is 44.0 Å². The molecule has 0 aliphatic heterocycles. The van der Waals surface area contributed by atoms with Crippen LogP contribution in [0.15, 0.2) is 28.7 Å². The molecular formula is C14H22BrNO. The third-order valence-corrected chi connectivity index (χ3v) is 3.43. The highest BCUT2D eigenvalue weighted by molar-refractivity contribution is 9.10. The number of aliphatic hydroxyl groups is 1. The molecule has 1 aromatic rings. The van der Waals surface area contributed by atoms with Gasteiger partial charge in [0.1, 0.15) is 0 Å². The summed E-state index contributed by atoms with van der Waals surface area (Å²) < 4.78 is 1.12. The molecule has 0 spiro atoms. The summed E-state index contributed by atoms with van der Waals surface area (Å²) in [6, 6.07) is 8.85. The first-order chi connectivity index (χ1) is 8.24. The van der Waals surface area contributed by atoms with E-state index in [9.17, 15) is 0 Å². The maximum Gasteiger partial charge on any atom is 0.0431 e. The van der Waals surface area contributed by atoms with Gasteiger partial charge >= 0.3 is 0 Å². The van der Waals surface area contributed by atoms with Gasteiger partial charge in [0, 0.05) is 17.1 Å². The number of aliphatic hydroxyl groups excluding tert-OH is 1. The zero-order valence-corrected chi connectivity index (χ0v) is 12.0. The summed E-state index contributed by atoms with van der Waals surface area (Å²) in [4.78, 5) is 0. The van der Waals surface area contributed by atoms with Crippen molar-refractivity contribution in [1.82, 2.24) is 5.32 Å². The van der Waals surface area contributed by atoms with Crippen LogP contribution in [0.5, 0.6) is 0 Å². The van der Waals surface area contributed by atoms with Crippen LogP contribution < -0.4 is 5.32 Å². The molecule has 3 heteroatoms. The number of halogens is 1. The van der Waals surface area contributed by atoms with Crippen molar-refractivity contribution in [3.63, 3.8) is 0 Å². The summed E-state index contributed by atoms with van der Waals surface area (Å²) in [5, 5.41) is 12.2. The zero-order valence-electron chi connectivity index (χ0n) is 10.5. The van der Waals surface area contributed by atoms with Gasteiger partial charge in [-0.1, -0.05) is 40.9 Å². The highest BCUT2D eigenvalue weighted by Crippen LogP contribution is 2.16. The predicted molar refractivity (Wildman–Crippen MR) is 76.1 cm³/mol. The summed E-state index contributed by atoms with van der Waals surface area (Å²) in [6.07, 6.45) is 4.44. The van der Waals surface area contributed by atoms with E-state index < -0.39 is 0 Å². The molecule has 0 unspecified atom stereocenters. The van der Waals surface area contributed by atoms with Crippen molar-refractivity contribution in [1.29, 1.82) is 0 Å². The molecule has 0 aromatic heterocycles. The maximum absolute atomic E-state index is 8.66. The van der Waals surface area contributed by atoms with Gasteiger partial charge in [0.05, 0.1) is 0 Å². The fraction of sp³-hybridized carbons (Fsp3) is 0.571. The Balaban J connectivity index is 2.16. The Morgan fingerprint density at radius 3 is 2.41 bits per heavy atom. The van der Waals surface area contributed by atoms with Crippen molar-refractivity contribution in [3.8, 4) is 0 Å². The third-order valence-electron chi connectivity index (χ3n) is 2.91. The van der Waals surface area contributed by atoms with Crippen molar-refractivity contribution >= 4 is 15.9 Å². The van der Waals surface area contributed by atoms with Crippen molar-refractivity contribution in [3.05, 3.63) is 34.3 Å². The Morgan fingerprint density at radius 1 is 1.12 bits per heavy atom. The summed E-state index contributed by atoms with van der Waals surface area (Å²) in [6.45, 7) is 3.56. The van der Waals surface area contributed by atoms with Crippen LogP contribution in [0.25, 0.3) is 0 Å². The van der Waals surface area contributed by atoms with E-state index in [1.54, 1.807) is 0 Å². The molecule has 0 aliphatic rings. The lowest BCUT2D eigenvalue weighted by atomic mass is 10.1. The van der Waals surface area contributed by atoms with E-state index >= 15 is 0 Å². The van der Waals surface area contributed by atoms with Gasteiger partial charge in [0.15, 0.2) is 0 Å². The Labute approximate surface area is 113 Å². The first-order valence-corrected chi connectivity index (χ1v) is 7.13. The molecule has 1 rings (SSSR count). The molecular weight excluding hydrogens is 278 g/mol. The number of hydrogen-bond acceptors (Lipinski definition) is 2.